The van der Waals surface area contributed by atoms with Crippen LogP contribution < -0.4 is 15.4 Å². The largest absolute Gasteiger partial charge is 0.494 e. The van der Waals surface area contributed by atoms with E-state index in [1.54, 1.807) is 48.7 Å². The van der Waals surface area contributed by atoms with Crippen LogP contribution in [0.4, 0.5) is 5.69 Å². The SMILES string of the molecule is COc1ccncc1NC(=O)C(NC(=O)c1ccccc1)c1ccccc1. The summed E-state index contributed by atoms with van der Waals surface area (Å²) < 4.78 is 5.24. The van der Waals surface area contributed by atoms with E-state index in [4.69, 9.17) is 4.74 Å². The van der Waals surface area contributed by atoms with E-state index < -0.39 is 11.9 Å². The molecule has 0 aliphatic rings. The number of aromatic nitrogens is 1. The second-order valence-electron chi connectivity index (χ2n) is 5.75. The van der Waals surface area contributed by atoms with Gasteiger partial charge in [-0.05, 0) is 17.7 Å². The van der Waals surface area contributed by atoms with Crippen LogP contribution in [0, 0.1) is 0 Å². The van der Waals surface area contributed by atoms with Crippen molar-refractivity contribution in [3.05, 3.63) is 90.3 Å². The molecule has 2 amide bonds. The van der Waals surface area contributed by atoms with Gasteiger partial charge < -0.3 is 15.4 Å². The Balaban J connectivity index is 1.86. The number of methoxy groups -OCH3 is 1. The van der Waals surface area contributed by atoms with Crippen molar-refractivity contribution in [3.63, 3.8) is 0 Å². The lowest BCUT2D eigenvalue weighted by Gasteiger charge is -2.19. The summed E-state index contributed by atoms with van der Waals surface area (Å²) in [4.78, 5) is 29.5. The maximum atomic E-state index is 12.9. The maximum absolute atomic E-state index is 12.9. The minimum absolute atomic E-state index is 0.335. The van der Waals surface area contributed by atoms with Gasteiger partial charge in [0, 0.05) is 17.8 Å². The fourth-order valence-electron chi connectivity index (χ4n) is 2.61. The number of rotatable bonds is 6. The molecule has 0 saturated carbocycles. The zero-order valence-electron chi connectivity index (χ0n) is 14.8. The molecule has 0 spiro atoms. The van der Waals surface area contributed by atoms with E-state index in [-0.39, 0.29) is 5.91 Å². The van der Waals surface area contributed by atoms with Crippen molar-refractivity contribution in [2.45, 2.75) is 6.04 Å². The van der Waals surface area contributed by atoms with Crippen molar-refractivity contribution < 1.29 is 14.3 Å². The summed E-state index contributed by atoms with van der Waals surface area (Å²) in [6.45, 7) is 0. The van der Waals surface area contributed by atoms with Crippen molar-refractivity contribution in [1.82, 2.24) is 10.3 Å². The third-order valence-electron chi connectivity index (χ3n) is 3.97. The Morgan fingerprint density at radius 2 is 1.63 bits per heavy atom. The molecule has 3 aromatic rings. The molecule has 6 heteroatoms. The van der Waals surface area contributed by atoms with Crippen molar-refractivity contribution >= 4 is 17.5 Å². The molecular weight excluding hydrogens is 342 g/mol. The number of carbonyl (C=O) groups is 2. The Bertz CT molecular complexity index is 914. The molecular formula is C21H19N3O3. The Hall–Kier alpha value is -3.67. The lowest BCUT2D eigenvalue weighted by Crippen LogP contribution is -2.37. The van der Waals surface area contributed by atoms with Gasteiger partial charge in [-0.1, -0.05) is 48.5 Å². The predicted molar refractivity (Wildman–Crippen MR) is 103 cm³/mol. The van der Waals surface area contributed by atoms with E-state index in [0.717, 1.165) is 0 Å². The van der Waals surface area contributed by atoms with E-state index in [1.165, 1.54) is 13.3 Å². The van der Waals surface area contributed by atoms with Crippen LogP contribution >= 0.6 is 0 Å². The van der Waals surface area contributed by atoms with E-state index in [2.05, 4.69) is 15.6 Å². The summed E-state index contributed by atoms with van der Waals surface area (Å²) >= 11 is 0. The molecule has 1 unspecified atom stereocenters. The molecule has 1 heterocycles. The topological polar surface area (TPSA) is 80.3 Å². The summed E-state index contributed by atoms with van der Waals surface area (Å²) in [6, 6.07) is 18.6. The van der Waals surface area contributed by atoms with Gasteiger partial charge in [-0.3, -0.25) is 14.6 Å². The standard InChI is InChI=1S/C21H19N3O3/c1-27-18-12-13-22-14-17(18)23-21(26)19(15-8-4-2-5-9-15)24-20(25)16-10-6-3-7-11-16/h2-14,19H,1H3,(H,23,26)(H,24,25). The predicted octanol–water partition coefficient (Wildman–Crippen LogP) is 3.20. The smallest absolute Gasteiger partial charge is 0.252 e. The molecule has 1 aromatic heterocycles. The average molecular weight is 361 g/mol. The summed E-state index contributed by atoms with van der Waals surface area (Å²) in [5.41, 5.74) is 1.58. The number of anilines is 1. The minimum atomic E-state index is -0.871. The molecule has 0 saturated heterocycles. The van der Waals surface area contributed by atoms with E-state index in [9.17, 15) is 9.59 Å². The quantitative estimate of drug-likeness (QED) is 0.707. The van der Waals surface area contributed by atoms with E-state index in [0.29, 0.717) is 22.6 Å². The monoisotopic (exact) mass is 361 g/mol. The molecule has 3 rings (SSSR count). The lowest BCUT2D eigenvalue weighted by atomic mass is 10.1. The first-order valence-corrected chi connectivity index (χ1v) is 8.39. The van der Waals surface area contributed by atoms with Crippen LogP contribution in [0.3, 0.4) is 0 Å². The van der Waals surface area contributed by atoms with Crippen LogP contribution in [0.5, 0.6) is 5.75 Å². The third-order valence-corrected chi connectivity index (χ3v) is 3.97. The second-order valence-corrected chi connectivity index (χ2v) is 5.75. The number of benzene rings is 2. The maximum Gasteiger partial charge on any atom is 0.252 e. The number of carbonyl (C=O) groups excluding carboxylic acids is 2. The minimum Gasteiger partial charge on any atom is -0.494 e. The molecule has 1 atom stereocenters. The summed E-state index contributed by atoms with van der Waals surface area (Å²) in [5.74, 6) is -0.242. The molecule has 0 aliphatic carbocycles. The molecule has 136 valence electrons. The first-order chi connectivity index (χ1) is 13.2. The molecule has 2 N–H and O–H groups in total. The van der Waals surface area contributed by atoms with Crippen molar-refractivity contribution in [1.29, 1.82) is 0 Å². The first kappa shape index (κ1) is 18.1. The molecule has 27 heavy (non-hydrogen) atoms. The Morgan fingerprint density at radius 3 is 2.30 bits per heavy atom. The zero-order valence-corrected chi connectivity index (χ0v) is 14.8. The Kier molecular flexibility index (Phi) is 5.79. The van der Waals surface area contributed by atoms with Crippen LogP contribution in [-0.2, 0) is 4.79 Å². The van der Waals surface area contributed by atoms with Crippen molar-refractivity contribution in [2.75, 3.05) is 12.4 Å². The summed E-state index contributed by atoms with van der Waals surface area (Å²) in [5, 5.41) is 5.57. The fourth-order valence-corrected chi connectivity index (χ4v) is 2.61. The zero-order chi connectivity index (χ0) is 19.1. The number of nitrogens with one attached hydrogen (secondary N) is 2. The summed E-state index contributed by atoms with van der Waals surface area (Å²) in [7, 11) is 1.51. The van der Waals surface area contributed by atoms with Crippen LogP contribution in [-0.4, -0.2) is 23.9 Å². The van der Waals surface area contributed by atoms with E-state index >= 15 is 0 Å². The van der Waals surface area contributed by atoms with Gasteiger partial charge in [-0.15, -0.1) is 0 Å². The van der Waals surface area contributed by atoms with Gasteiger partial charge in [0.25, 0.3) is 11.8 Å². The molecule has 0 fully saturated rings. The molecule has 0 radical (unpaired) electrons. The molecule has 0 aliphatic heterocycles. The number of hydrogen-bond acceptors (Lipinski definition) is 4. The number of ether oxygens (including phenoxy) is 1. The first-order valence-electron chi connectivity index (χ1n) is 8.39. The van der Waals surface area contributed by atoms with E-state index in [1.807, 2.05) is 24.3 Å². The van der Waals surface area contributed by atoms with Gasteiger partial charge in [0.2, 0.25) is 0 Å². The fraction of sp³-hybridized carbons (Fsp3) is 0.0952. The van der Waals surface area contributed by atoms with Crippen LogP contribution in [0.1, 0.15) is 22.0 Å². The van der Waals surface area contributed by atoms with Gasteiger partial charge in [-0.2, -0.15) is 0 Å². The van der Waals surface area contributed by atoms with Gasteiger partial charge in [0.05, 0.1) is 13.3 Å². The third kappa shape index (κ3) is 4.49. The molecule has 0 bridgehead atoms. The number of pyridine rings is 1. The van der Waals surface area contributed by atoms with Crippen molar-refractivity contribution in [2.24, 2.45) is 0 Å². The summed E-state index contributed by atoms with van der Waals surface area (Å²) in [6.07, 6.45) is 3.07. The second kappa shape index (κ2) is 8.62. The molecule has 6 nitrogen and oxygen atoms in total. The number of hydrogen-bond donors (Lipinski definition) is 2. The van der Waals surface area contributed by atoms with Crippen LogP contribution in [0.15, 0.2) is 79.1 Å². The Morgan fingerprint density at radius 1 is 0.963 bits per heavy atom. The highest BCUT2D eigenvalue weighted by molar-refractivity contribution is 6.02. The van der Waals surface area contributed by atoms with Crippen molar-refractivity contribution in [3.8, 4) is 5.75 Å². The van der Waals surface area contributed by atoms with Crippen LogP contribution in [0.2, 0.25) is 0 Å². The highest BCUT2D eigenvalue weighted by Gasteiger charge is 2.24. The van der Waals surface area contributed by atoms with Gasteiger partial charge in [0.15, 0.2) is 0 Å². The Labute approximate surface area is 157 Å². The number of nitrogens with zero attached hydrogens (tertiary/aromatic N) is 1. The highest BCUT2D eigenvalue weighted by atomic mass is 16.5. The van der Waals surface area contributed by atoms with Gasteiger partial charge >= 0.3 is 0 Å². The highest BCUT2D eigenvalue weighted by Crippen LogP contribution is 2.24. The normalized spacial score (nSPS) is 11.3. The molecule has 2 aromatic carbocycles. The van der Waals surface area contributed by atoms with Crippen LogP contribution in [0.25, 0.3) is 0 Å². The average Bonchev–Trinajstić information content (AvgIpc) is 2.73. The van der Waals surface area contributed by atoms with Gasteiger partial charge in [-0.25, -0.2) is 0 Å². The van der Waals surface area contributed by atoms with Gasteiger partial charge in [0.1, 0.15) is 17.5 Å². The lowest BCUT2D eigenvalue weighted by molar-refractivity contribution is -0.118. The number of amides is 2.